The van der Waals surface area contributed by atoms with Gasteiger partial charge in [0.15, 0.2) is 5.11 Å². The van der Waals surface area contributed by atoms with Crippen molar-refractivity contribution < 1.29 is 4.74 Å². The lowest BCUT2D eigenvalue weighted by Gasteiger charge is -2.35. The molecule has 2 aliphatic heterocycles. The van der Waals surface area contributed by atoms with Gasteiger partial charge < -0.3 is 25.2 Å². The molecule has 0 aromatic carbocycles. The lowest BCUT2D eigenvalue weighted by molar-refractivity contribution is 0.122. The van der Waals surface area contributed by atoms with Crippen molar-refractivity contribution in [1.29, 1.82) is 0 Å². The molecule has 3 heterocycles. The van der Waals surface area contributed by atoms with Gasteiger partial charge in [0, 0.05) is 38.3 Å². The van der Waals surface area contributed by atoms with E-state index in [0.717, 1.165) is 51.0 Å². The molecule has 0 radical (unpaired) electrons. The fraction of sp³-hybridized carbons (Fsp3) is 0.737. The lowest BCUT2D eigenvalue weighted by Crippen LogP contribution is -2.40. The summed E-state index contributed by atoms with van der Waals surface area (Å²) in [6.45, 7) is 11.6. The van der Waals surface area contributed by atoms with Crippen molar-refractivity contribution in [3.63, 3.8) is 0 Å². The van der Waals surface area contributed by atoms with Crippen LogP contribution in [0.2, 0.25) is 0 Å². The first-order valence-corrected chi connectivity index (χ1v) is 10.5. The average Bonchev–Trinajstić information content (AvgIpc) is 2.67. The zero-order valence-electron chi connectivity index (χ0n) is 16.7. The third kappa shape index (κ3) is 5.65. The summed E-state index contributed by atoms with van der Waals surface area (Å²) in [6.07, 6.45) is 3.69. The maximum atomic E-state index is 5.49. The third-order valence-electron chi connectivity index (χ3n) is 5.03. The molecule has 0 aliphatic carbocycles. The van der Waals surface area contributed by atoms with Gasteiger partial charge in [0.2, 0.25) is 5.95 Å². The van der Waals surface area contributed by atoms with Gasteiger partial charge in [-0.1, -0.05) is 13.8 Å². The second kappa shape index (κ2) is 9.50. The molecule has 150 valence electrons. The van der Waals surface area contributed by atoms with Gasteiger partial charge in [-0.25, -0.2) is 0 Å². The summed E-state index contributed by atoms with van der Waals surface area (Å²) in [7, 11) is 0. The van der Waals surface area contributed by atoms with Crippen LogP contribution in [-0.2, 0) is 4.74 Å². The van der Waals surface area contributed by atoms with Gasteiger partial charge in [-0.15, -0.1) is 0 Å². The Bertz CT molecular complexity index is 635. The number of aromatic nitrogens is 2. The zero-order chi connectivity index (χ0) is 19.2. The molecule has 3 rings (SSSR count). The Hall–Kier alpha value is -1.67. The smallest absolute Gasteiger partial charge is 0.232 e. The Morgan fingerprint density at radius 1 is 1.22 bits per heavy atom. The van der Waals surface area contributed by atoms with Crippen molar-refractivity contribution in [1.82, 2.24) is 15.3 Å². The Balaban J connectivity index is 1.82. The Kier molecular flexibility index (Phi) is 7.07. The van der Waals surface area contributed by atoms with E-state index in [0.29, 0.717) is 23.0 Å². The van der Waals surface area contributed by atoms with E-state index in [4.69, 9.17) is 26.9 Å². The van der Waals surface area contributed by atoms with E-state index in [-0.39, 0.29) is 0 Å². The highest BCUT2D eigenvalue weighted by molar-refractivity contribution is 7.80. The average molecular weight is 393 g/mol. The summed E-state index contributed by atoms with van der Waals surface area (Å²) in [4.78, 5) is 14.2. The summed E-state index contributed by atoms with van der Waals surface area (Å²) >= 11 is 5.43. The van der Waals surface area contributed by atoms with Gasteiger partial charge in [0.25, 0.3) is 0 Å². The number of anilines is 3. The molecule has 0 bridgehead atoms. The monoisotopic (exact) mass is 392 g/mol. The van der Waals surface area contributed by atoms with Crippen LogP contribution in [-0.4, -0.2) is 60.5 Å². The molecular weight excluding hydrogens is 360 g/mol. The van der Waals surface area contributed by atoms with Crippen molar-refractivity contribution >= 4 is 34.9 Å². The van der Waals surface area contributed by atoms with E-state index >= 15 is 0 Å². The second-order valence-electron chi connectivity index (χ2n) is 7.77. The maximum absolute atomic E-state index is 5.49. The molecule has 2 aliphatic rings. The summed E-state index contributed by atoms with van der Waals surface area (Å²) in [5.41, 5.74) is 0. The normalized spacial score (nSPS) is 20.7. The first-order valence-electron chi connectivity index (χ1n) is 10.1. The molecule has 27 heavy (non-hydrogen) atoms. The number of nitrogens with zero attached hydrogens (tertiary/aromatic N) is 4. The van der Waals surface area contributed by atoms with Crippen LogP contribution in [0.25, 0.3) is 0 Å². The highest BCUT2D eigenvalue weighted by Crippen LogP contribution is 2.27. The fourth-order valence-corrected chi connectivity index (χ4v) is 3.64. The number of thiocarbonyl (C=S) groups is 1. The van der Waals surface area contributed by atoms with Gasteiger partial charge >= 0.3 is 0 Å². The number of rotatable bonds is 5. The molecule has 2 saturated heterocycles. The predicted octanol–water partition coefficient (Wildman–Crippen LogP) is 2.63. The minimum absolute atomic E-state index is 0.491. The Morgan fingerprint density at radius 2 is 1.96 bits per heavy atom. The van der Waals surface area contributed by atoms with Crippen LogP contribution in [0.1, 0.15) is 40.0 Å². The molecule has 8 heteroatoms. The second-order valence-corrected chi connectivity index (χ2v) is 8.18. The Labute approximate surface area is 167 Å². The van der Waals surface area contributed by atoms with E-state index in [1.54, 1.807) is 0 Å². The summed E-state index contributed by atoms with van der Waals surface area (Å²) < 4.78 is 5.49. The van der Waals surface area contributed by atoms with Crippen LogP contribution in [0, 0.1) is 5.92 Å². The largest absolute Gasteiger partial charge is 0.378 e. The zero-order valence-corrected chi connectivity index (χ0v) is 17.5. The van der Waals surface area contributed by atoms with Gasteiger partial charge in [-0.3, -0.25) is 0 Å². The first kappa shape index (κ1) is 20.1. The number of piperidine rings is 1. The minimum atomic E-state index is 0.491. The van der Waals surface area contributed by atoms with E-state index in [2.05, 4.69) is 47.3 Å². The third-order valence-corrected chi connectivity index (χ3v) is 5.27. The summed E-state index contributed by atoms with van der Waals surface area (Å²) in [5.74, 6) is 3.01. The first-order chi connectivity index (χ1) is 13.0. The SMILES string of the molecule is CC(C)CNC(=S)Nc1nc(N2CCOCC2)cc(N2CCCCC2C)n1. The van der Waals surface area contributed by atoms with Crippen molar-refractivity contribution in [2.45, 2.75) is 46.1 Å². The minimum Gasteiger partial charge on any atom is -0.378 e. The maximum Gasteiger partial charge on any atom is 0.232 e. The van der Waals surface area contributed by atoms with E-state index in [9.17, 15) is 0 Å². The van der Waals surface area contributed by atoms with Crippen LogP contribution in [0.4, 0.5) is 17.6 Å². The number of ether oxygens (including phenoxy) is 1. The molecule has 2 fully saturated rings. The highest BCUT2D eigenvalue weighted by Gasteiger charge is 2.23. The molecule has 0 spiro atoms. The highest BCUT2D eigenvalue weighted by atomic mass is 32.1. The molecule has 0 amide bonds. The number of morpholine rings is 1. The van der Waals surface area contributed by atoms with E-state index in [1.165, 1.54) is 19.3 Å². The van der Waals surface area contributed by atoms with Crippen LogP contribution in [0.15, 0.2) is 6.07 Å². The fourth-order valence-electron chi connectivity index (χ4n) is 3.46. The Morgan fingerprint density at radius 3 is 2.67 bits per heavy atom. The van der Waals surface area contributed by atoms with Crippen LogP contribution in [0.5, 0.6) is 0 Å². The number of hydrogen-bond donors (Lipinski definition) is 2. The van der Waals surface area contributed by atoms with Crippen molar-refractivity contribution in [2.24, 2.45) is 5.92 Å². The molecular formula is C19H32N6OS. The van der Waals surface area contributed by atoms with Gasteiger partial charge in [-0.2, -0.15) is 9.97 Å². The van der Waals surface area contributed by atoms with Crippen molar-refractivity contribution in [3.05, 3.63) is 6.07 Å². The molecule has 1 atom stereocenters. The predicted molar refractivity (Wildman–Crippen MR) is 115 cm³/mol. The number of hydrogen-bond acceptors (Lipinski definition) is 6. The van der Waals surface area contributed by atoms with Crippen LogP contribution in [0.3, 0.4) is 0 Å². The molecule has 0 saturated carbocycles. The standard InChI is InChI=1S/C19H32N6OS/c1-14(2)13-20-19(27)23-18-21-16(24-8-10-26-11-9-24)12-17(22-18)25-7-5-4-6-15(25)3/h12,14-15H,4-11,13H2,1-3H3,(H2,20,21,22,23,27). The molecule has 1 unspecified atom stereocenters. The van der Waals surface area contributed by atoms with E-state index in [1.807, 2.05) is 0 Å². The van der Waals surface area contributed by atoms with Crippen molar-refractivity contribution in [2.75, 3.05) is 54.5 Å². The van der Waals surface area contributed by atoms with Gasteiger partial charge in [0.05, 0.1) is 13.2 Å². The topological polar surface area (TPSA) is 65.6 Å². The molecule has 2 N–H and O–H groups in total. The van der Waals surface area contributed by atoms with Crippen molar-refractivity contribution in [3.8, 4) is 0 Å². The quantitative estimate of drug-likeness (QED) is 0.742. The van der Waals surface area contributed by atoms with Crippen LogP contribution < -0.4 is 20.4 Å². The van der Waals surface area contributed by atoms with Gasteiger partial charge in [0.1, 0.15) is 11.6 Å². The molecule has 7 nitrogen and oxygen atoms in total. The van der Waals surface area contributed by atoms with Crippen LogP contribution >= 0.6 is 12.2 Å². The van der Waals surface area contributed by atoms with E-state index < -0.39 is 0 Å². The summed E-state index contributed by atoms with van der Waals surface area (Å²) in [6, 6.07) is 2.60. The lowest BCUT2D eigenvalue weighted by atomic mass is 10.0. The van der Waals surface area contributed by atoms with Gasteiger partial charge in [-0.05, 0) is 44.3 Å². The summed E-state index contributed by atoms with van der Waals surface area (Å²) in [5, 5.41) is 6.98. The number of nitrogens with one attached hydrogen (secondary N) is 2. The molecule has 1 aromatic rings. The molecule has 1 aromatic heterocycles.